The minimum atomic E-state index is 0.162. The van der Waals surface area contributed by atoms with Gasteiger partial charge >= 0.3 is 0 Å². The lowest BCUT2D eigenvalue weighted by Crippen LogP contribution is -2.36. The zero-order valence-corrected chi connectivity index (χ0v) is 20.2. The third-order valence-corrected chi connectivity index (χ3v) is 7.34. The Morgan fingerprint density at radius 2 is 1.77 bits per heavy atom. The summed E-state index contributed by atoms with van der Waals surface area (Å²) in [7, 11) is 4.07. The average molecular weight is 442 g/mol. The first kappa shape index (κ1) is 22.8. The molecule has 0 atom stereocenters. The molecule has 0 unspecified atom stereocenters. The summed E-state index contributed by atoms with van der Waals surface area (Å²) >= 11 is 3.43. The maximum atomic E-state index is 13.1. The van der Waals surface area contributed by atoms with Gasteiger partial charge in [-0.1, -0.05) is 35.1 Å². The Hall–Kier alpha value is -1.89. The number of hydrogen-bond donors (Lipinski definition) is 0. The second-order valence-electron chi connectivity index (χ2n) is 7.96. The Morgan fingerprint density at radius 3 is 2.47 bits per heavy atom. The number of fused-ring (bicyclic) bond motifs is 1. The van der Waals surface area contributed by atoms with Crippen LogP contribution < -0.4 is 4.90 Å². The molecule has 0 saturated heterocycles. The molecule has 6 heteroatoms. The number of nitrogens with zero attached hydrogens (tertiary/aromatic N) is 3. The summed E-state index contributed by atoms with van der Waals surface area (Å²) in [6.07, 6.45) is 1.40. The topological polar surface area (TPSA) is 36.4 Å². The van der Waals surface area contributed by atoms with E-state index in [0.717, 1.165) is 34.1 Å². The van der Waals surface area contributed by atoms with E-state index in [2.05, 4.69) is 62.1 Å². The van der Waals surface area contributed by atoms with Gasteiger partial charge in [0.1, 0.15) is 0 Å². The van der Waals surface area contributed by atoms with Gasteiger partial charge in [-0.15, -0.1) is 11.8 Å². The average Bonchev–Trinajstić information content (AvgIpc) is 3.14. The van der Waals surface area contributed by atoms with Crippen LogP contribution in [0.1, 0.15) is 29.5 Å². The standard InChI is InChI=1S/C24H31N3OS2/c1-17-8-11-20(12-9-17)29-16-6-7-22(28)27(15-14-26(4)5)24-25-23-19(3)18(2)10-13-21(23)30-24/h8-13H,6-7,14-16H2,1-5H3. The second-order valence-corrected chi connectivity index (χ2v) is 10.1. The molecule has 0 bridgehead atoms. The van der Waals surface area contributed by atoms with Crippen LogP contribution in [-0.4, -0.2) is 48.7 Å². The van der Waals surface area contributed by atoms with Crippen LogP contribution in [0.5, 0.6) is 0 Å². The number of carbonyl (C=O) groups is 1. The van der Waals surface area contributed by atoms with Crippen molar-refractivity contribution in [2.45, 2.75) is 38.5 Å². The van der Waals surface area contributed by atoms with Crippen LogP contribution >= 0.6 is 23.1 Å². The summed E-state index contributed by atoms with van der Waals surface area (Å²) in [5.41, 5.74) is 4.73. The molecule has 0 radical (unpaired) electrons. The van der Waals surface area contributed by atoms with Crippen LogP contribution in [0.2, 0.25) is 0 Å². The van der Waals surface area contributed by atoms with Crippen molar-refractivity contribution in [3.63, 3.8) is 0 Å². The number of aryl methyl sites for hydroxylation is 3. The van der Waals surface area contributed by atoms with Crippen molar-refractivity contribution >= 4 is 44.4 Å². The molecule has 0 aliphatic heterocycles. The molecule has 0 N–H and O–H groups in total. The number of thioether (sulfide) groups is 1. The Balaban J connectivity index is 1.67. The van der Waals surface area contributed by atoms with E-state index in [4.69, 9.17) is 4.98 Å². The molecular formula is C24H31N3OS2. The maximum absolute atomic E-state index is 13.1. The van der Waals surface area contributed by atoms with Crippen molar-refractivity contribution in [2.24, 2.45) is 0 Å². The number of carbonyl (C=O) groups excluding carboxylic acids is 1. The monoisotopic (exact) mass is 441 g/mol. The quantitative estimate of drug-likeness (QED) is 0.316. The molecule has 160 valence electrons. The molecule has 0 fully saturated rings. The number of rotatable bonds is 9. The van der Waals surface area contributed by atoms with Crippen LogP contribution in [0, 0.1) is 20.8 Å². The zero-order chi connectivity index (χ0) is 21.7. The summed E-state index contributed by atoms with van der Waals surface area (Å²) in [4.78, 5) is 23.2. The molecule has 3 rings (SSSR count). The van der Waals surface area contributed by atoms with Gasteiger partial charge in [-0.05, 0) is 76.4 Å². The molecule has 0 aliphatic carbocycles. The molecule has 0 spiro atoms. The second kappa shape index (κ2) is 10.4. The highest BCUT2D eigenvalue weighted by Gasteiger charge is 2.20. The third-order valence-electron chi connectivity index (χ3n) is 5.20. The summed E-state index contributed by atoms with van der Waals surface area (Å²) in [6.45, 7) is 7.79. The molecule has 1 heterocycles. The highest BCUT2D eigenvalue weighted by atomic mass is 32.2. The van der Waals surface area contributed by atoms with Gasteiger partial charge in [-0.2, -0.15) is 0 Å². The maximum Gasteiger partial charge on any atom is 0.228 e. The first-order chi connectivity index (χ1) is 14.3. The number of aromatic nitrogens is 1. The van der Waals surface area contributed by atoms with E-state index in [9.17, 15) is 4.79 Å². The summed E-state index contributed by atoms with van der Waals surface area (Å²) in [5.74, 6) is 1.10. The van der Waals surface area contributed by atoms with E-state index in [-0.39, 0.29) is 5.91 Å². The molecule has 0 saturated carbocycles. The van der Waals surface area contributed by atoms with Crippen molar-refractivity contribution in [2.75, 3.05) is 37.8 Å². The van der Waals surface area contributed by atoms with E-state index in [1.807, 2.05) is 30.8 Å². The van der Waals surface area contributed by atoms with Crippen molar-refractivity contribution in [1.29, 1.82) is 0 Å². The van der Waals surface area contributed by atoms with E-state index in [0.29, 0.717) is 13.0 Å². The fourth-order valence-electron chi connectivity index (χ4n) is 3.14. The highest BCUT2D eigenvalue weighted by molar-refractivity contribution is 7.99. The smallest absolute Gasteiger partial charge is 0.228 e. The Labute approximate surface area is 188 Å². The molecule has 30 heavy (non-hydrogen) atoms. The Morgan fingerprint density at radius 1 is 1.03 bits per heavy atom. The zero-order valence-electron chi connectivity index (χ0n) is 18.6. The largest absolute Gasteiger partial charge is 0.308 e. The lowest BCUT2D eigenvalue weighted by atomic mass is 10.1. The number of anilines is 1. The number of amides is 1. The van der Waals surface area contributed by atoms with Crippen LogP contribution in [0.4, 0.5) is 5.13 Å². The highest BCUT2D eigenvalue weighted by Crippen LogP contribution is 2.32. The predicted molar refractivity (Wildman–Crippen MR) is 131 cm³/mol. The lowest BCUT2D eigenvalue weighted by molar-refractivity contribution is -0.118. The van der Waals surface area contributed by atoms with E-state index in [1.54, 1.807) is 11.3 Å². The fraction of sp³-hybridized carbons (Fsp3) is 0.417. The number of hydrogen-bond acceptors (Lipinski definition) is 5. The van der Waals surface area contributed by atoms with Gasteiger partial charge in [-0.25, -0.2) is 4.98 Å². The predicted octanol–water partition coefficient (Wildman–Crippen LogP) is 5.69. The van der Waals surface area contributed by atoms with Crippen LogP contribution in [0.15, 0.2) is 41.3 Å². The minimum absolute atomic E-state index is 0.162. The number of benzene rings is 2. The summed E-state index contributed by atoms with van der Waals surface area (Å²) in [5, 5.41) is 0.816. The van der Waals surface area contributed by atoms with Crippen molar-refractivity contribution in [1.82, 2.24) is 9.88 Å². The molecule has 3 aromatic rings. The molecule has 0 aliphatic rings. The van der Waals surface area contributed by atoms with Gasteiger partial charge in [0.05, 0.1) is 10.2 Å². The number of thiazole rings is 1. The normalized spacial score (nSPS) is 11.4. The van der Waals surface area contributed by atoms with E-state index < -0.39 is 0 Å². The van der Waals surface area contributed by atoms with Gasteiger partial charge < -0.3 is 4.90 Å². The van der Waals surface area contributed by atoms with Crippen LogP contribution in [0.25, 0.3) is 10.2 Å². The Bertz CT molecular complexity index is 996. The van der Waals surface area contributed by atoms with E-state index >= 15 is 0 Å². The molecule has 1 aromatic heterocycles. The molecule has 2 aromatic carbocycles. The third kappa shape index (κ3) is 5.84. The van der Waals surface area contributed by atoms with Crippen molar-refractivity contribution in [3.05, 3.63) is 53.1 Å². The van der Waals surface area contributed by atoms with Gasteiger partial charge in [0, 0.05) is 24.4 Å². The summed E-state index contributed by atoms with van der Waals surface area (Å²) < 4.78 is 1.14. The van der Waals surface area contributed by atoms with Crippen LogP contribution in [-0.2, 0) is 4.79 Å². The van der Waals surface area contributed by atoms with Gasteiger partial charge in [0.15, 0.2) is 5.13 Å². The van der Waals surface area contributed by atoms with E-state index in [1.165, 1.54) is 21.6 Å². The fourth-order valence-corrected chi connectivity index (χ4v) is 5.06. The SMILES string of the molecule is Cc1ccc(SCCCC(=O)N(CCN(C)C)c2nc3c(C)c(C)ccc3s2)cc1. The van der Waals surface area contributed by atoms with Crippen molar-refractivity contribution < 1.29 is 4.79 Å². The van der Waals surface area contributed by atoms with Gasteiger partial charge in [-0.3, -0.25) is 9.69 Å². The minimum Gasteiger partial charge on any atom is -0.308 e. The van der Waals surface area contributed by atoms with Gasteiger partial charge in [0.2, 0.25) is 5.91 Å². The van der Waals surface area contributed by atoms with Crippen LogP contribution in [0.3, 0.4) is 0 Å². The Kier molecular flexibility index (Phi) is 7.92. The molecule has 1 amide bonds. The molecular weight excluding hydrogens is 410 g/mol. The number of likely N-dealkylation sites (N-methyl/N-ethyl adjacent to an activating group) is 1. The van der Waals surface area contributed by atoms with Gasteiger partial charge in [0.25, 0.3) is 0 Å². The first-order valence-corrected chi connectivity index (χ1v) is 12.2. The summed E-state index contributed by atoms with van der Waals surface area (Å²) in [6, 6.07) is 12.8. The lowest BCUT2D eigenvalue weighted by Gasteiger charge is -2.22. The van der Waals surface area contributed by atoms with Crippen molar-refractivity contribution in [3.8, 4) is 0 Å². The first-order valence-electron chi connectivity index (χ1n) is 10.4. The molecule has 4 nitrogen and oxygen atoms in total.